The number of nitrogens with one attached hydrogen (secondary N) is 1. The van der Waals surface area contributed by atoms with Crippen molar-refractivity contribution >= 4 is 33.7 Å². The first kappa shape index (κ1) is 25.4. The lowest BCUT2D eigenvalue weighted by Gasteiger charge is -2.33. The van der Waals surface area contributed by atoms with Crippen molar-refractivity contribution in [2.75, 3.05) is 0 Å². The third-order valence-corrected chi connectivity index (χ3v) is 8.63. The summed E-state index contributed by atoms with van der Waals surface area (Å²) in [5.74, 6) is 0.253. The predicted molar refractivity (Wildman–Crippen MR) is 156 cm³/mol. The minimum atomic E-state index is -0.497. The molecule has 6 nitrogen and oxygen atoms in total. The first-order chi connectivity index (χ1) is 20.0. The smallest absolute Gasteiger partial charge is 0.254 e. The maximum atomic E-state index is 13.9. The van der Waals surface area contributed by atoms with Gasteiger partial charge < -0.3 is 14.6 Å². The second-order valence-electron chi connectivity index (χ2n) is 11.2. The number of hydrogen-bond acceptors (Lipinski definition) is 4. The van der Waals surface area contributed by atoms with E-state index in [0.29, 0.717) is 47.0 Å². The van der Waals surface area contributed by atoms with Crippen molar-refractivity contribution in [1.82, 2.24) is 15.2 Å². The van der Waals surface area contributed by atoms with Crippen LogP contribution in [0.2, 0.25) is 0 Å². The molecule has 1 N–H and O–H groups in total. The lowest BCUT2D eigenvalue weighted by Crippen LogP contribution is -2.49. The second kappa shape index (κ2) is 10.5. The fraction of sp³-hybridized carbons (Fsp3) is 0.265. The van der Waals surface area contributed by atoms with Gasteiger partial charge in [-0.05, 0) is 90.0 Å². The Morgan fingerprint density at radius 3 is 2.59 bits per heavy atom. The Hall–Kier alpha value is -4.52. The van der Waals surface area contributed by atoms with Gasteiger partial charge in [0.15, 0.2) is 5.58 Å². The number of fused-ring (bicyclic) bond motifs is 3. The summed E-state index contributed by atoms with van der Waals surface area (Å²) in [6.45, 7) is 0.317. The number of carbonyl (C=O) groups excluding carboxylic acids is 2. The lowest BCUT2D eigenvalue weighted by molar-refractivity contribution is -0.125. The van der Waals surface area contributed by atoms with Crippen molar-refractivity contribution in [3.63, 3.8) is 0 Å². The van der Waals surface area contributed by atoms with Gasteiger partial charge in [0.05, 0.1) is 0 Å². The molecule has 1 saturated heterocycles. The third kappa shape index (κ3) is 4.86. The number of aromatic nitrogens is 1. The number of likely N-dealkylation sites (tertiary alicyclic amines) is 1. The number of carbonyl (C=O) groups is 2. The molecule has 206 valence electrons. The summed E-state index contributed by atoms with van der Waals surface area (Å²) in [7, 11) is 0. The van der Waals surface area contributed by atoms with Crippen LogP contribution >= 0.6 is 0 Å². The zero-order valence-electron chi connectivity index (χ0n) is 22.6. The number of rotatable bonds is 5. The summed E-state index contributed by atoms with van der Waals surface area (Å²) >= 11 is 0. The molecule has 2 fully saturated rings. The molecular weight excluding hydrogens is 517 g/mol. The summed E-state index contributed by atoms with van der Waals surface area (Å²) in [5, 5.41) is 5.20. The van der Waals surface area contributed by atoms with Gasteiger partial charge in [0, 0.05) is 23.7 Å². The van der Waals surface area contributed by atoms with E-state index in [-0.39, 0.29) is 23.7 Å². The molecule has 7 heteroatoms. The Kier molecular flexibility index (Phi) is 6.50. The maximum Gasteiger partial charge on any atom is 0.254 e. The fourth-order valence-electron chi connectivity index (χ4n) is 6.56. The average Bonchev–Trinajstić information content (AvgIpc) is 3.61. The molecule has 5 aromatic rings. The van der Waals surface area contributed by atoms with E-state index in [1.54, 1.807) is 12.1 Å². The molecule has 2 heterocycles. The predicted octanol–water partition coefficient (Wildman–Crippen LogP) is 6.88. The van der Waals surface area contributed by atoms with E-state index in [2.05, 4.69) is 10.3 Å². The highest BCUT2D eigenvalue weighted by atomic mass is 19.1. The van der Waals surface area contributed by atoms with Crippen LogP contribution in [0.4, 0.5) is 4.39 Å². The van der Waals surface area contributed by atoms with Gasteiger partial charge in [0.2, 0.25) is 11.8 Å². The zero-order valence-corrected chi connectivity index (χ0v) is 22.6. The van der Waals surface area contributed by atoms with E-state index in [1.807, 2.05) is 65.6 Å². The zero-order chi connectivity index (χ0) is 27.9. The van der Waals surface area contributed by atoms with E-state index >= 15 is 0 Å². The Labute approximate surface area is 237 Å². The van der Waals surface area contributed by atoms with Gasteiger partial charge in [-0.3, -0.25) is 9.59 Å². The molecule has 0 unspecified atom stereocenters. The standard InChI is InChI=1S/C34H30FN3O3/c35-27-14-12-23(13-15-27)33-37-28-17-21(9-16-31(28)41-33)20-36-32(39)30-19-25-7-3-4-8-29(25)38(30)34(40)26-11-10-22-5-1-2-6-24(22)18-26/h1-2,5-6,9-18,25,29-30H,3-4,7-8,19-20H2,(H,36,39)/t25-,29-,30-/m0/s1. The van der Waals surface area contributed by atoms with Crippen LogP contribution in [0, 0.1) is 11.7 Å². The molecule has 4 aromatic carbocycles. The molecule has 2 aliphatic rings. The van der Waals surface area contributed by atoms with Crippen LogP contribution in [0.3, 0.4) is 0 Å². The number of oxazole rings is 1. The van der Waals surface area contributed by atoms with E-state index < -0.39 is 6.04 Å². The van der Waals surface area contributed by atoms with Gasteiger partial charge in [-0.15, -0.1) is 0 Å². The fourth-order valence-corrected chi connectivity index (χ4v) is 6.56. The first-order valence-electron chi connectivity index (χ1n) is 14.3. The molecule has 41 heavy (non-hydrogen) atoms. The molecule has 2 amide bonds. The van der Waals surface area contributed by atoms with Gasteiger partial charge >= 0.3 is 0 Å². The Morgan fingerprint density at radius 2 is 1.73 bits per heavy atom. The van der Waals surface area contributed by atoms with Crippen LogP contribution in [0.1, 0.15) is 48.0 Å². The molecule has 1 aliphatic heterocycles. The van der Waals surface area contributed by atoms with Crippen molar-refractivity contribution in [3.8, 4) is 11.5 Å². The molecule has 1 aromatic heterocycles. The highest BCUT2D eigenvalue weighted by Crippen LogP contribution is 2.41. The van der Waals surface area contributed by atoms with E-state index in [4.69, 9.17) is 4.42 Å². The summed E-state index contributed by atoms with van der Waals surface area (Å²) in [6, 6.07) is 25.0. The van der Waals surface area contributed by atoms with Gasteiger partial charge in [-0.25, -0.2) is 9.37 Å². The number of nitrogens with zero attached hydrogens (tertiary/aromatic N) is 2. The monoisotopic (exact) mass is 547 g/mol. The maximum absolute atomic E-state index is 13.9. The van der Waals surface area contributed by atoms with E-state index in [9.17, 15) is 14.0 Å². The van der Waals surface area contributed by atoms with Crippen LogP contribution in [0.25, 0.3) is 33.3 Å². The van der Waals surface area contributed by atoms with Gasteiger partial charge in [-0.1, -0.05) is 49.2 Å². The Bertz CT molecular complexity index is 1760. The van der Waals surface area contributed by atoms with E-state index in [0.717, 1.165) is 42.0 Å². The van der Waals surface area contributed by atoms with Crippen molar-refractivity contribution in [3.05, 3.63) is 102 Å². The van der Waals surface area contributed by atoms with Crippen LogP contribution in [-0.4, -0.2) is 33.8 Å². The van der Waals surface area contributed by atoms with Crippen LogP contribution in [0.15, 0.2) is 89.3 Å². The Balaban J connectivity index is 1.10. The molecule has 7 rings (SSSR count). The van der Waals surface area contributed by atoms with Gasteiger partial charge in [-0.2, -0.15) is 0 Å². The average molecular weight is 548 g/mol. The van der Waals surface area contributed by atoms with Crippen LogP contribution < -0.4 is 5.32 Å². The summed E-state index contributed by atoms with van der Waals surface area (Å²) in [6.07, 6.45) is 4.90. The number of amides is 2. The summed E-state index contributed by atoms with van der Waals surface area (Å²) in [5.41, 5.74) is 3.48. The topological polar surface area (TPSA) is 75.4 Å². The second-order valence-corrected chi connectivity index (χ2v) is 11.2. The molecule has 1 saturated carbocycles. The number of halogens is 1. The van der Waals surface area contributed by atoms with Crippen molar-refractivity contribution in [2.45, 2.75) is 50.7 Å². The summed E-state index contributed by atoms with van der Waals surface area (Å²) in [4.78, 5) is 34.0. The number of benzene rings is 4. The van der Waals surface area contributed by atoms with Gasteiger partial charge in [0.1, 0.15) is 17.4 Å². The minimum absolute atomic E-state index is 0.0670. The Morgan fingerprint density at radius 1 is 0.927 bits per heavy atom. The largest absolute Gasteiger partial charge is 0.436 e. The normalized spacial score (nSPS) is 20.3. The molecule has 0 bridgehead atoms. The highest BCUT2D eigenvalue weighted by molar-refractivity contribution is 6.01. The van der Waals surface area contributed by atoms with E-state index in [1.165, 1.54) is 12.1 Å². The van der Waals surface area contributed by atoms with Crippen LogP contribution in [-0.2, 0) is 11.3 Å². The van der Waals surface area contributed by atoms with Crippen molar-refractivity contribution < 1.29 is 18.4 Å². The van der Waals surface area contributed by atoms with Crippen molar-refractivity contribution in [2.24, 2.45) is 5.92 Å². The molecule has 1 aliphatic carbocycles. The number of hydrogen-bond donors (Lipinski definition) is 1. The van der Waals surface area contributed by atoms with Crippen molar-refractivity contribution in [1.29, 1.82) is 0 Å². The third-order valence-electron chi connectivity index (χ3n) is 8.63. The van der Waals surface area contributed by atoms with Gasteiger partial charge in [0.25, 0.3) is 5.91 Å². The highest BCUT2D eigenvalue weighted by Gasteiger charge is 2.47. The van der Waals surface area contributed by atoms with Crippen LogP contribution in [0.5, 0.6) is 0 Å². The lowest BCUT2D eigenvalue weighted by atomic mass is 9.84. The molecule has 0 radical (unpaired) electrons. The quantitative estimate of drug-likeness (QED) is 0.260. The molecular formula is C34H30FN3O3. The molecule has 3 atom stereocenters. The first-order valence-corrected chi connectivity index (χ1v) is 14.3. The minimum Gasteiger partial charge on any atom is -0.436 e. The molecule has 0 spiro atoms. The summed E-state index contributed by atoms with van der Waals surface area (Å²) < 4.78 is 19.2. The SMILES string of the molecule is O=C(NCc1ccc2oc(-c3ccc(F)cc3)nc2c1)[C@@H]1C[C@@H]2CCCC[C@@H]2N1C(=O)c1ccc2ccccc2c1.